The van der Waals surface area contributed by atoms with Crippen molar-refractivity contribution in [2.45, 2.75) is 24.4 Å². The second kappa shape index (κ2) is 8.80. The minimum absolute atomic E-state index is 0. The molecule has 0 amide bonds. The molecule has 0 spiro atoms. The zero-order valence-electron chi connectivity index (χ0n) is 5.98. The quantitative estimate of drug-likeness (QED) is 0.322. The van der Waals surface area contributed by atoms with Crippen molar-refractivity contribution in [3.8, 4) is 0 Å². The Labute approximate surface area is 75.6 Å². The van der Waals surface area contributed by atoms with E-state index < -0.39 is 0 Å². The van der Waals surface area contributed by atoms with Crippen LogP contribution in [0.1, 0.15) is 13.8 Å². The van der Waals surface area contributed by atoms with Crippen molar-refractivity contribution in [2.24, 2.45) is 5.92 Å². The summed E-state index contributed by atoms with van der Waals surface area (Å²) < 4.78 is 0. The summed E-state index contributed by atoms with van der Waals surface area (Å²) in [5.41, 5.74) is 0. The van der Waals surface area contributed by atoms with E-state index in [1.165, 1.54) is 10.6 Å². The molecule has 0 rings (SSSR count). The van der Waals surface area contributed by atoms with E-state index in [2.05, 4.69) is 26.5 Å². The fourth-order valence-corrected chi connectivity index (χ4v) is 2.01. The van der Waals surface area contributed by atoms with Crippen LogP contribution in [0.2, 0.25) is 10.6 Å². The van der Waals surface area contributed by atoms with Crippen LogP contribution in [-0.2, 0) is 0 Å². The van der Waals surface area contributed by atoms with Gasteiger partial charge in [-0.3, -0.25) is 0 Å². The molecular weight excluding hydrogens is 138 g/mol. The normalized spacial score (nSPS) is 8.33. The Balaban J connectivity index is 0. The predicted molar refractivity (Wildman–Crippen MR) is 51.7 cm³/mol. The van der Waals surface area contributed by atoms with Crippen LogP contribution in [0.3, 0.4) is 0 Å². The van der Waals surface area contributed by atoms with Gasteiger partial charge in [0.2, 0.25) is 15.2 Å². The maximum absolute atomic E-state index is 3.69. The van der Waals surface area contributed by atoms with Crippen LogP contribution < -0.4 is 0 Å². The summed E-state index contributed by atoms with van der Waals surface area (Å²) in [6.45, 7) is 8.27. The Bertz CT molecular complexity index is 59.9. The summed E-state index contributed by atoms with van der Waals surface area (Å²) in [7, 11) is 0. The van der Waals surface area contributed by atoms with Gasteiger partial charge >= 0.3 is 0 Å². The molecule has 0 bridgehead atoms. The highest BCUT2D eigenvalue weighted by Crippen LogP contribution is 1.99. The lowest BCUT2D eigenvalue weighted by molar-refractivity contribution is 0.730. The molecule has 9 heavy (non-hydrogen) atoms. The van der Waals surface area contributed by atoms with Crippen molar-refractivity contribution in [3.05, 3.63) is 12.7 Å². The van der Waals surface area contributed by atoms with Crippen LogP contribution in [0, 0.1) is 5.92 Å². The molecule has 0 aromatic heterocycles. The highest BCUT2D eigenvalue weighted by atomic mass is 27.1. The first-order valence-electron chi connectivity index (χ1n) is 3.38. The molecule has 0 nitrogen and oxygen atoms in total. The van der Waals surface area contributed by atoms with E-state index in [9.17, 15) is 0 Å². The number of allylic oxidation sites excluding steroid dienone is 1. The van der Waals surface area contributed by atoms with Gasteiger partial charge in [0.25, 0.3) is 0 Å². The van der Waals surface area contributed by atoms with E-state index in [1.807, 2.05) is 0 Å². The van der Waals surface area contributed by atoms with E-state index in [0.29, 0.717) is 0 Å². The summed E-state index contributed by atoms with van der Waals surface area (Å²) in [6.07, 6.45) is 2.05. The van der Waals surface area contributed by atoms with Crippen LogP contribution >= 0.6 is 0 Å². The van der Waals surface area contributed by atoms with Gasteiger partial charge in [0.1, 0.15) is 0 Å². The van der Waals surface area contributed by atoms with Gasteiger partial charge in [-0.2, -0.15) is 0 Å². The molecule has 0 aliphatic rings. The first-order valence-corrected chi connectivity index (χ1v) is 5.38. The molecule has 0 heterocycles. The van der Waals surface area contributed by atoms with Gasteiger partial charge in [-0.1, -0.05) is 30.3 Å². The van der Waals surface area contributed by atoms with Gasteiger partial charge in [-0.15, -0.1) is 12.7 Å². The van der Waals surface area contributed by atoms with E-state index in [1.54, 1.807) is 0 Å². The highest BCUT2D eigenvalue weighted by Gasteiger charge is 1.93. The third kappa shape index (κ3) is 12.1. The molecule has 0 aromatic carbocycles. The summed E-state index contributed by atoms with van der Waals surface area (Å²) in [6, 6.07) is 0. The molecule has 52 valence electrons. The molecule has 0 saturated carbocycles. The van der Waals surface area contributed by atoms with Gasteiger partial charge in [0.05, 0.1) is 0 Å². The molecule has 0 atom stereocenters. The molecule has 0 unspecified atom stereocenters. The Hall–Kier alpha value is 0.805. The predicted octanol–water partition coefficient (Wildman–Crippen LogP) is 0.918. The third-order valence-electron chi connectivity index (χ3n) is 1.19. The third-order valence-corrected chi connectivity index (χ3v) is 3.57. The van der Waals surface area contributed by atoms with Crippen LogP contribution in [0.4, 0.5) is 0 Å². The first kappa shape index (κ1) is 12.5. The summed E-state index contributed by atoms with van der Waals surface area (Å²) >= 11 is 0.246. The standard InChI is InChI=1S/C4H9.C3H5.2Al.4H/c1-4(2)3;1-3-2;;;;;;/h4H,1H2,2-3H3;3H,1-2H2;;;;;;. The molecule has 0 N–H and O–H groups in total. The smallest absolute Gasteiger partial charge is 0.105 e. The fourth-order valence-electron chi connectivity index (χ4n) is 0.670. The molecule has 0 aliphatic carbocycles. The van der Waals surface area contributed by atoms with E-state index in [0.717, 1.165) is 5.92 Å². The second-order valence-corrected chi connectivity index (χ2v) is 4.48. The van der Waals surface area contributed by atoms with E-state index in [-0.39, 0.29) is 32.6 Å². The van der Waals surface area contributed by atoms with Crippen molar-refractivity contribution >= 4 is 32.6 Å². The Morgan fingerprint density at radius 1 is 1.56 bits per heavy atom. The van der Waals surface area contributed by atoms with Crippen LogP contribution in [-0.4, -0.2) is 32.6 Å². The number of hydrogen-bond donors (Lipinski definition) is 0. The largest absolute Gasteiger partial charge is 0.242 e. The molecule has 0 aromatic rings. The van der Waals surface area contributed by atoms with Crippen molar-refractivity contribution < 1.29 is 0 Å². The molecule has 0 aliphatic heterocycles. The van der Waals surface area contributed by atoms with E-state index >= 15 is 0 Å². The number of hydrogen-bond acceptors (Lipinski definition) is 0. The second-order valence-electron chi connectivity index (χ2n) is 2.61. The van der Waals surface area contributed by atoms with Crippen LogP contribution in [0.25, 0.3) is 0 Å². The molecule has 2 heteroatoms. The summed E-state index contributed by atoms with van der Waals surface area (Å²) in [5.74, 6) is 0.918. The maximum atomic E-state index is 3.69. The van der Waals surface area contributed by atoms with Gasteiger partial charge in [-0.05, 0) is 0 Å². The Morgan fingerprint density at radius 2 is 2.11 bits per heavy atom. The van der Waals surface area contributed by atoms with Crippen LogP contribution in [0.15, 0.2) is 12.7 Å². The SMILES string of the molecule is C=C[CH2][AlH][CH2]C(C)C.[AlH3]. The average Bonchev–Trinajstić information content (AvgIpc) is 1.66. The monoisotopic (exact) mass is 156 g/mol. The van der Waals surface area contributed by atoms with Gasteiger partial charge < -0.3 is 0 Å². The lowest BCUT2D eigenvalue weighted by atomic mass is 10.3. The fraction of sp³-hybridized carbons (Fsp3) is 0.714. The lowest BCUT2D eigenvalue weighted by Crippen LogP contribution is -1.92. The van der Waals surface area contributed by atoms with Gasteiger partial charge in [0.15, 0.2) is 17.4 Å². The van der Waals surface area contributed by atoms with Crippen molar-refractivity contribution in [3.63, 3.8) is 0 Å². The first-order chi connectivity index (χ1) is 3.77. The van der Waals surface area contributed by atoms with Crippen molar-refractivity contribution in [1.29, 1.82) is 0 Å². The maximum Gasteiger partial charge on any atom is 0.242 e. The minimum Gasteiger partial charge on any atom is -0.105 e. The Kier molecular flexibility index (Phi) is 12.2. The van der Waals surface area contributed by atoms with Gasteiger partial charge in [-0.25, -0.2) is 0 Å². The average molecular weight is 156 g/mol. The molecule has 0 saturated heterocycles. The zero-order valence-corrected chi connectivity index (χ0v) is 7.40. The highest BCUT2D eigenvalue weighted by molar-refractivity contribution is 6.36. The summed E-state index contributed by atoms with van der Waals surface area (Å²) in [4.78, 5) is 0. The molecule has 0 fully saturated rings. The number of rotatable bonds is 4. The lowest BCUT2D eigenvalue weighted by Gasteiger charge is -1.97. The van der Waals surface area contributed by atoms with E-state index in [4.69, 9.17) is 0 Å². The zero-order chi connectivity index (χ0) is 6.41. The molecular formula is C7H18Al2. The Morgan fingerprint density at radius 3 is 2.44 bits per heavy atom. The van der Waals surface area contributed by atoms with Crippen LogP contribution in [0.5, 0.6) is 0 Å². The summed E-state index contributed by atoms with van der Waals surface area (Å²) in [5, 5.41) is 2.80. The minimum atomic E-state index is 0. The molecule has 0 radical (unpaired) electrons. The van der Waals surface area contributed by atoms with Gasteiger partial charge in [0, 0.05) is 0 Å². The topological polar surface area (TPSA) is 0 Å². The van der Waals surface area contributed by atoms with Crippen molar-refractivity contribution in [1.82, 2.24) is 0 Å². The van der Waals surface area contributed by atoms with Crippen molar-refractivity contribution in [2.75, 3.05) is 0 Å².